The summed E-state index contributed by atoms with van der Waals surface area (Å²) in [5.74, 6) is 1.30. The second-order valence-electron chi connectivity index (χ2n) is 6.92. The maximum atomic E-state index is 12.4. The quantitative estimate of drug-likeness (QED) is 0.812. The third-order valence-corrected chi connectivity index (χ3v) is 4.93. The Morgan fingerprint density at radius 3 is 2.64 bits per heavy atom. The lowest BCUT2D eigenvalue weighted by atomic mass is 10.1. The van der Waals surface area contributed by atoms with Gasteiger partial charge in [-0.15, -0.1) is 0 Å². The molecule has 1 fully saturated rings. The van der Waals surface area contributed by atoms with E-state index in [-0.39, 0.29) is 5.91 Å². The first-order valence-corrected chi connectivity index (χ1v) is 9.15. The van der Waals surface area contributed by atoms with Gasteiger partial charge in [0.2, 0.25) is 5.91 Å². The van der Waals surface area contributed by atoms with Gasteiger partial charge in [0.05, 0.1) is 0 Å². The normalized spacial score (nSPS) is 15.5. The molecule has 134 valence electrons. The smallest absolute Gasteiger partial charge is 0.222 e. The van der Waals surface area contributed by atoms with E-state index in [9.17, 15) is 4.79 Å². The fourth-order valence-electron chi connectivity index (χ4n) is 3.42. The Labute approximate surface area is 150 Å². The van der Waals surface area contributed by atoms with Gasteiger partial charge in [-0.2, -0.15) is 0 Å². The predicted molar refractivity (Wildman–Crippen MR) is 99.2 cm³/mol. The average molecular weight is 340 g/mol. The van der Waals surface area contributed by atoms with Crippen LogP contribution in [-0.4, -0.2) is 51.4 Å². The van der Waals surface area contributed by atoms with Crippen molar-refractivity contribution >= 4 is 5.91 Å². The number of hydrogen-bond donors (Lipinski definition) is 0. The van der Waals surface area contributed by atoms with Gasteiger partial charge in [-0.1, -0.05) is 29.8 Å². The average Bonchev–Trinajstić information content (AvgIpc) is 3.01. The van der Waals surface area contributed by atoms with Crippen LogP contribution in [-0.2, 0) is 17.9 Å². The lowest BCUT2D eigenvalue weighted by Crippen LogP contribution is -2.48. The maximum Gasteiger partial charge on any atom is 0.222 e. The summed E-state index contributed by atoms with van der Waals surface area (Å²) in [4.78, 5) is 21.1. The summed E-state index contributed by atoms with van der Waals surface area (Å²) in [5.41, 5.74) is 2.66. The first-order valence-electron chi connectivity index (χ1n) is 9.15. The van der Waals surface area contributed by atoms with Gasteiger partial charge in [-0.3, -0.25) is 9.69 Å². The highest BCUT2D eigenvalue weighted by molar-refractivity contribution is 5.76. The van der Waals surface area contributed by atoms with Gasteiger partial charge in [-0.25, -0.2) is 4.98 Å². The van der Waals surface area contributed by atoms with Crippen LogP contribution >= 0.6 is 0 Å². The number of amides is 1. The highest BCUT2D eigenvalue weighted by Crippen LogP contribution is 2.11. The van der Waals surface area contributed by atoms with E-state index in [1.165, 1.54) is 11.1 Å². The number of nitrogens with zero attached hydrogens (tertiary/aromatic N) is 4. The summed E-state index contributed by atoms with van der Waals surface area (Å²) in [5, 5.41) is 0. The Hall–Kier alpha value is -2.14. The molecule has 0 spiro atoms. The van der Waals surface area contributed by atoms with Crippen LogP contribution in [0.2, 0.25) is 0 Å². The number of aromatic nitrogens is 2. The summed E-state index contributed by atoms with van der Waals surface area (Å²) in [6.45, 7) is 9.57. The van der Waals surface area contributed by atoms with Crippen molar-refractivity contribution in [2.45, 2.75) is 39.8 Å². The topological polar surface area (TPSA) is 41.4 Å². The number of carbonyl (C=O) groups is 1. The van der Waals surface area contributed by atoms with Crippen molar-refractivity contribution in [1.82, 2.24) is 19.4 Å². The molecular formula is C20H28N4O. The summed E-state index contributed by atoms with van der Waals surface area (Å²) in [7, 11) is 0. The minimum atomic E-state index is 0.285. The Balaban J connectivity index is 1.39. The maximum absolute atomic E-state index is 12.4. The van der Waals surface area contributed by atoms with E-state index in [1.54, 1.807) is 0 Å². The molecule has 0 saturated carbocycles. The fourth-order valence-corrected chi connectivity index (χ4v) is 3.42. The zero-order valence-corrected chi connectivity index (χ0v) is 15.3. The highest BCUT2D eigenvalue weighted by atomic mass is 16.2. The second kappa shape index (κ2) is 8.30. The molecule has 1 amide bonds. The monoisotopic (exact) mass is 340 g/mol. The predicted octanol–water partition coefficient (Wildman–Crippen LogP) is 2.62. The van der Waals surface area contributed by atoms with Crippen LogP contribution in [0, 0.1) is 13.8 Å². The van der Waals surface area contributed by atoms with E-state index < -0.39 is 0 Å². The Morgan fingerprint density at radius 1 is 1.16 bits per heavy atom. The Bertz CT molecular complexity index is 701. The van der Waals surface area contributed by atoms with E-state index in [0.717, 1.165) is 51.5 Å². The first kappa shape index (κ1) is 17.7. The number of benzene rings is 1. The molecule has 1 saturated heterocycles. The minimum absolute atomic E-state index is 0.285. The summed E-state index contributed by atoms with van der Waals surface area (Å²) >= 11 is 0. The fraction of sp³-hybridized carbons (Fsp3) is 0.500. The van der Waals surface area contributed by atoms with E-state index in [0.29, 0.717) is 6.42 Å². The first-order chi connectivity index (χ1) is 12.1. The van der Waals surface area contributed by atoms with E-state index in [2.05, 4.69) is 45.6 Å². The molecule has 5 heteroatoms. The number of aryl methyl sites for hydroxylation is 3. The molecule has 3 rings (SSSR count). The van der Waals surface area contributed by atoms with Crippen molar-refractivity contribution < 1.29 is 4.79 Å². The summed E-state index contributed by atoms with van der Waals surface area (Å²) < 4.78 is 2.10. The van der Waals surface area contributed by atoms with Crippen LogP contribution in [0.1, 0.15) is 29.8 Å². The van der Waals surface area contributed by atoms with Crippen LogP contribution in [0.25, 0.3) is 0 Å². The van der Waals surface area contributed by atoms with Crippen molar-refractivity contribution in [2.24, 2.45) is 0 Å². The number of imidazole rings is 1. The molecule has 1 aromatic carbocycles. The van der Waals surface area contributed by atoms with Gasteiger partial charge in [0.25, 0.3) is 0 Å². The van der Waals surface area contributed by atoms with Crippen LogP contribution in [0.5, 0.6) is 0 Å². The molecule has 0 aliphatic carbocycles. The van der Waals surface area contributed by atoms with Crippen molar-refractivity contribution in [2.75, 3.05) is 26.2 Å². The number of hydrogen-bond acceptors (Lipinski definition) is 3. The van der Waals surface area contributed by atoms with Crippen LogP contribution in [0.3, 0.4) is 0 Å². The SMILES string of the molecule is Cc1cccc(CN2CCN(C(=O)CCCn3ccnc3C)CC2)c1. The molecule has 1 aliphatic heterocycles. The summed E-state index contributed by atoms with van der Waals surface area (Å²) in [6.07, 6.45) is 5.28. The molecular weight excluding hydrogens is 312 g/mol. The van der Waals surface area contributed by atoms with Crippen molar-refractivity contribution in [3.8, 4) is 0 Å². The Morgan fingerprint density at radius 2 is 1.96 bits per heavy atom. The van der Waals surface area contributed by atoms with Gasteiger partial charge in [0.1, 0.15) is 5.82 Å². The van der Waals surface area contributed by atoms with Crippen LogP contribution in [0.4, 0.5) is 0 Å². The molecule has 0 N–H and O–H groups in total. The van der Waals surface area contributed by atoms with Gasteiger partial charge in [0.15, 0.2) is 0 Å². The molecule has 25 heavy (non-hydrogen) atoms. The van der Waals surface area contributed by atoms with Crippen molar-refractivity contribution in [3.63, 3.8) is 0 Å². The van der Waals surface area contributed by atoms with E-state index in [4.69, 9.17) is 0 Å². The van der Waals surface area contributed by atoms with Crippen molar-refractivity contribution in [1.29, 1.82) is 0 Å². The molecule has 1 aromatic heterocycles. The van der Waals surface area contributed by atoms with E-state index in [1.807, 2.05) is 24.2 Å². The zero-order valence-electron chi connectivity index (χ0n) is 15.3. The van der Waals surface area contributed by atoms with Gasteiger partial charge >= 0.3 is 0 Å². The molecule has 0 unspecified atom stereocenters. The number of carbonyl (C=O) groups excluding carboxylic acids is 1. The molecule has 0 radical (unpaired) electrons. The molecule has 5 nitrogen and oxygen atoms in total. The number of piperazine rings is 1. The van der Waals surface area contributed by atoms with Crippen LogP contribution in [0.15, 0.2) is 36.7 Å². The lowest BCUT2D eigenvalue weighted by Gasteiger charge is -2.35. The van der Waals surface area contributed by atoms with Gasteiger partial charge in [0, 0.05) is 58.1 Å². The standard InChI is InChI=1S/C20H28N4O/c1-17-5-3-6-19(15-17)16-22-11-13-24(14-12-22)20(25)7-4-9-23-10-8-21-18(23)2/h3,5-6,8,10,15H,4,7,9,11-14,16H2,1-2H3. The molecule has 2 aromatic rings. The van der Waals surface area contributed by atoms with Crippen molar-refractivity contribution in [3.05, 3.63) is 53.6 Å². The number of rotatable bonds is 6. The third kappa shape index (κ3) is 4.92. The Kier molecular flexibility index (Phi) is 5.87. The third-order valence-electron chi connectivity index (χ3n) is 4.93. The zero-order chi connectivity index (χ0) is 17.6. The van der Waals surface area contributed by atoms with E-state index >= 15 is 0 Å². The lowest BCUT2D eigenvalue weighted by molar-refractivity contribution is -0.133. The summed E-state index contributed by atoms with van der Waals surface area (Å²) in [6, 6.07) is 8.68. The molecule has 0 bridgehead atoms. The molecule has 2 heterocycles. The molecule has 1 aliphatic rings. The highest BCUT2D eigenvalue weighted by Gasteiger charge is 2.20. The second-order valence-corrected chi connectivity index (χ2v) is 6.92. The van der Waals surface area contributed by atoms with Gasteiger partial charge in [-0.05, 0) is 25.8 Å². The van der Waals surface area contributed by atoms with Crippen LogP contribution < -0.4 is 0 Å². The molecule has 0 atom stereocenters. The minimum Gasteiger partial charge on any atom is -0.340 e. The van der Waals surface area contributed by atoms with Gasteiger partial charge < -0.3 is 9.47 Å². The largest absolute Gasteiger partial charge is 0.340 e.